The number of hydrogen-bond donors (Lipinski definition) is 1. The lowest BCUT2D eigenvalue weighted by Crippen LogP contribution is -2.44. The van der Waals surface area contributed by atoms with Crippen molar-refractivity contribution in [3.8, 4) is 0 Å². The maximum atomic E-state index is 11.8. The van der Waals surface area contributed by atoms with Crippen molar-refractivity contribution in [2.45, 2.75) is 64.6 Å². The summed E-state index contributed by atoms with van der Waals surface area (Å²) in [5, 5.41) is 2.97. The third kappa shape index (κ3) is 5.36. The zero-order chi connectivity index (χ0) is 13.5. The lowest BCUT2D eigenvalue weighted by atomic mass is 10.2. The van der Waals surface area contributed by atoms with Gasteiger partial charge in [-0.15, -0.1) is 0 Å². The van der Waals surface area contributed by atoms with Gasteiger partial charge in [-0.1, -0.05) is 13.3 Å². The first kappa shape index (κ1) is 15.4. The summed E-state index contributed by atoms with van der Waals surface area (Å²) in [7, 11) is 2.13. The first-order valence-electron chi connectivity index (χ1n) is 7.17. The van der Waals surface area contributed by atoms with E-state index in [-0.39, 0.29) is 12.0 Å². The Kier molecular flexibility index (Phi) is 6.65. The standard InChI is InChI=1S/C14H28N2O2/c1-5-6-9-18-12(3)14(17)15-10-11(2)16(4)13-7-8-13/h11-13H,5-10H2,1-4H3,(H,15,17). The first-order chi connectivity index (χ1) is 8.56. The number of nitrogens with one attached hydrogen (secondary N) is 1. The van der Waals surface area contributed by atoms with Gasteiger partial charge in [-0.25, -0.2) is 0 Å². The molecule has 0 radical (unpaired) electrons. The van der Waals surface area contributed by atoms with Gasteiger partial charge < -0.3 is 10.1 Å². The second-order valence-corrected chi connectivity index (χ2v) is 5.36. The van der Waals surface area contributed by atoms with Crippen molar-refractivity contribution >= 4 is 5.91 Å². The Morgan fingerprint density at radius 3 is 2.67 bits per heavy atom. The van der Waals surface area contributed by atoms with Crippen molar-refractivity contribution in [3.63, 3.8) is 0 Å². The van der Waals surface area contributed by atoms with E-state index in [9.17, 15) is 4.79 Å². The minimum absolute atomic E-state index is 0.00199. The van der Waals surface area contributed by atoms with Crippen LogP contribution in [0, 0.1) is 0 Å². The van der Waals surface area contributed by atoms with Crippen molar-refractivity contribution in [2.24, 2.45) is 0 Å². The Balaban J connectivity index is 2.14. The molecule has 0 aromatic carbocycles. The van der Waals surface area contributed by atoms with E-state index in [1.165, 1.54) is 12.8 Å². The Morgan fingerprint density at radius 2 is 2.11 bits per heavy atom. The lowest BCUT2D eigenvalue weighted by Gasteiger charge is -2.25. The minimum atomic E-state index is -0.338. The highest BCUT2D eigenvalue weighted by atomic mass is 16.5. The molecule has 1 aliphatic carbocycles. The first-order valence-corrected chi connectivity index (χ1v) is 7.17. The summed E-state index contributed by atoms with van der Waals surface area (Å²) in [6.07, 6.45) is 4.36. The fourth-order valence-electron chi connectivity index (χ4n) is 1.86. The van der Waals surface area contributed by atoms with Crippen LogP contribution in [0.5, 0.6) is 0 Å². The normalized spacial score (nSPS) is 18.7. The van der Waals surface area contributed by atoms with Crippen LogP contribution in [-0.2, 0) is 9.53 Å². The van der Waals surface area contributed by atoms with Crippen LogP contribution in [0.15, 0.2) is 0 Å². The number of nitrogens with zero attached hydrogens (tertiary/aromatic N) is 1. The average molecular weight is 256 g/mol. The highest BCUT2D eigenvalue weighted by Gasteiger charge is 2.29. The molecule has 0 bridgehead atoms. The van der Waals surface area contributed by atoms with Crippen molar-refractivity contribution < 1.29 is 9.53 Å². The van der Waals surface area contributed by atoms with Crippen LogP contribution < -0.4 is 5.32 Å². The van der Waals surface area contributed by atoms with Crippen molar-refractivity contribution in [1.82, 2.24) is 10.2 Å². The molecule has 0 saturated heterocycles. The molecule has 1 rings (SSSR count). The zero-order valence-corrected chi connectivity index (χ0v) is 12.2. The lowest BCUT2D eigenvalue weighted by molar-refractivity contribution is -0.132. The molecule has 1 aliphatic rings. The van der Waals surface area contributed by atoms with Crippen LogP contribution in [0.2, 0.25) is 0 Å². The molecule has 2 atom stereocenters. The van der Waals surface area contributed by atoms with Crippen LogP contribution in [0.25, 0.3) is 0 Å². The molecular weight excluding hydrogens is 228 g/mol. The highest BCUT2D eigenvalue weighted by molar-refractivity contribution is 5.80. The Labute approximate surface area is 111 Å². The fraction of sp³-hybridized carbons (Fsp3) is 0.929. The van der Waals surface area contributed by atoms with Crippen LogP contribution in [0.1, 0.15) is 46.5 Å². The predicted octanol–water partition coefficient (Wildman–Crippen LogP) is 1.79. The molecule has 0 aromatic rings. The number of unbranched alkanes of at least 4 members (excludes halogenated alkanes) is 1. The van der Waals surface area contributed by atoms with Crippen LogP contribution in [-0.4, -0.2) is 49.2 Å². The number of hydrogen-bond acceptors (Lipinski definition) is 3. The molecule has 0 heterocycles. The van der Waals surface area contributed by atoms with E-state index in [0.717, 1.165) is 18.9 Å². The van der Waals surface area contributed by atoms with E-state index in [4.69, 9.17) is 4.74 Å². The van der Waals surface area contributed by atoms with Crippen LogP contribution in [0.3, 0.4) is 0 Å². The number of ether oxygens (including phenoxy) is 1. The molecule has 2 unspecified atom stereocenters. The second-order valence-electron chi connectivity index (χ2n) is 5.36. The Bertz CT molecular complexity index is 254. The van der Waals surface area contributed by atoms with Gasteiger partial charge in [0, 0.05) is 25.2 Å². The number of amides is 1. The smallest absolute Gasteiger partial charge is 0.248 e. The van der Waals surface area contributed by atoms with Gasteiger partial charge in [-0.3, -0.25) is 9.69 Å². The van der Waals surface area contributed by atoms with Gasteiger partial charge in [0.1, 0.15) is 6.10 Å². The van der Waals surface area contributed by atoms with Gasteiger partial charge in [0.25, 0.3) is 0 Å². The molecule has 4 heteroatoms. The summed E-state index contributed by atoms with van der Waals surface area (Å²) in [6, 6.07) is 1.12. The summed E-state index contributed by atoms with van der Waals surface area (Å²) < 4.78 is 5.47. The van der Waals surface area contributed by atoms with Gasteiger partial charge >= 0.3 is 0 Å². The summed E-state index contributed by atoms with van der Waals surface area (Å²) >= 11 is 0. The summed E-state index contributed by atoms with van der Waals surface area (Å²) in [5.41, 5.74) is 0. The van der Waals surface area contributed by atoms with Crippen molar-refractivity contribution in [1.29, 1.82) is 0 Å². The third-order valence-corrected chi connectivity index (χ3v) is 3.62. The quantitative estimate of drug-likeness (QED) is 0.640. The van der Waals surface area contributed by atoms with E-state index in [1.54, 1.807) is 0 Å². The van der Waals surface area contributed by atoms with Gasteiger partial charge in [0.2, 0.25) is 5.91 Å². The molecule has 4 nitrogen and oxygen atoms in total. The van der Waals surface area contributed by atoms with E-state index < -0.39 is 0 Å². The minimum Gasteiger partial charge on any atom is -0.369 e. The SMILES string of the molecule is CCCCOC(C)C(=O)NCC(C)N(C)C1CC1. The van der Waals surface area contributed by atoms with Gasteiger partial charge in [0.15, 0.2) is 0 Å². The summed E-state index contributed by atoms with van der Waals surface area (Å²) in [5.74, 6) is 0.00199. The molecule has 1 saturated carbocycles. The van der Waals surface area contributed by atoms with E-state index >= 15 is 0 Å². The van der Waals surface area contributed by atoms with Gasteiger partial charge in [-0.2, -0.15) is 0 Å². The second kappa shape index (κ2) is 7.74. The third-order valence-electron chi connectivity index (χ3n) is 3.62. The maximum Gasteiger partial charge on any atom is 0.248 e. The Hall–Kier alpha value is -0.610. The monoisotopic (exact) mass is 256 g/mol. The molecule has 106 valence electrons. The molecule has 0 spiro atoms. The topological polar surface area (TPSA) is 41.6 Å². The van der Waals surface area contributed by atoms with Crippen LogP contribution in [0.4, 0.5) is 0 Å². The molecule has 1 amide bonds. The molecule has 1 fully saturated rings. The largest absolute Gasteiger partial charge is 0.369 e. The fourth-order valence-corrected chi connectivity index (χ4v) is 1.86. The predicted molar refractivity (Wildman–Crippen MR) is 73.6 cm³/mol. The number of carbonyl (C=O) groups excluding carboxylic acids is 1. The number of likely N-dealkylation sites (N-methyl/N-ethyl adjacent to an activating group) is 1. The number of rotatable bonds is 9. The molecule has 1 N–H and O–H groups in total. The van der Waals surface area contributed by atoms with Gasteiger partial charge in [0.05, 0.1) is 0 Å². The molecule has 18 heavy (non-hydrogen) atoms. The molecule has 0 aliphatic heterocycles. The van der Waals surface area contributed by atoms with E-state index in [1.807, 2.05) is 6.92 Å². The van der Waals surface area contributed by atoms with Crippen molar-refractivity contribution in [3.05, 3.63) is 0 Å². The average Bonchev–Trinajstić information content (AvgIpc) is 3.18. The maximum absolute atomic E-state index is 11.8. The van der Waals surface area contributed by atoms with Gasteiger partial charge in [-0.05, 0) is 40.2 Å². The molecular formula is C14H28N2O2. The summed E-state index contributed by atoms with van der Waals surface area (Å²) in [4.78, 5) is 14.1. The van der Waals surface area contributed by atoms with Crippen LogP contribution >= 0.6 is 0 Å². The molecule has 0 aromatic heterocycles. The van der Waals surface area contributed by atoms with E-state index in [0.29, 0.717) is 19.2 Å². The number of carbonyl (C=O) groups is 1. The highest BCUT2D eigenvalue weighted by Crippen LogP contribution is 2.26. The zero-order valence-electron chi connectivity index (χ0n) is 12.2. The van der Waals surface area contributed by atoms with Crippen molar-refractivity contribution in [2.75, 3.05) is 20.2 Å². The summed E-state index contributed by atoms with van der Waals surface area (Å²) in [6.45, 7) is 7.46. The van der Waals surface area contributed by atoms with E-state index in [2.05, 4.69) is 31.1 Å². The Morgan fingerprint density at radius 1 is 1.44 bits per heavy atom.